The molecule has 4 nitrogen and oxygen atoms in total. The van der Waals surface area contributed by atoms with E-state index in [0.717, 1.165) is 11.1 Å². The summed E-state index contributed by atoms with van der Waals surface area (Å²) in [5.41, 5.74) is 2.35. The van der Waals surface area contributed by atoms with Crippen LogP contribution in [0.5, 0.6) is 0 Å². The Morgan fingerprint density at radius 2 is 1.40 bits per heavy atom. The molecule has 20 heavy (non-hydrogen) atoms. The molecule has 0 aromatic heterocycles. The molecule has 0 spiro atoms. The lowest BCUT2D eigenvalue weighted by molar-refractivity contribution is 0.0696. The molecule has 0 aliphatic heterocycles. The molecule has 3 N–H and O–H groups in total. The van der Waals surface area contributed by atoms with E-state index in [2.05, 4.69) is 0 Å². The van der Waals surface area contributed by atoms with Crippen LogP contribution in [0.2, 0.25) is 0 Å². The highest BCUT2D eigenvalue weighted by Gasteiger charge is 2.08. The standard InChI is InChI=1S/C14H12O2.C2H6O2/c15-14(16)13-9-5-4-8-12(13)10-11-6-2-1-3-7-11;3-1-2-4/h1-9H,10H2,(H,15,16);3-4H,1-2H2. The number of hydrogen-bond donors (Lipinski definition) is 3. The van der Waals surface area contributed by atoms with Gasteiger partial charge in [-0.2, -0.15) is 0 Å². The molecule has 0 bridgehead atoms. The number of aromatic carboxylic acids is 1. The van der Waals surface area contributed by atoms with Gasteiger partial charge in [-0.05, 0) is 23.6 Å². The minimum absolute atomic E-state index is 0.125. The Morgan fingerprint density at radius 3 is 1.95 bits per heavy atom. The van der Waals surface area contributed by atoms with E-state index in [-0.39, 0.29) is 13.2 Å². The lowest BCUT2D eigenvalue weighted by Gasteiger charge is -2.05. The highest BCUT2D eigenvalue weighted by atomic mass is 16.4. The molecule has 2 aromatic carbocycles. The molecular weight excluding hydrogens is 256 g/mol. The number of carbonyl (C=O) groups is 1. The van der Waals surface area contributed by atoms with Gasteiger partial charge in [-0.1, -0.05) is 48.5 Å². The molecule has 0 saturated heterocycles. The van der Waals surface area contributed by atoms with Gasteiger partial charge >= 0.3 is 5.97 Å². The molecule has 2 aromatic rings. The van der Waals surface area contributed by atoms with Crippen molar-refractivity contribution >= 4 is 5.97 Å². The van der Waals surface area contributed by atoms with E-state index >= 15 is 0 Å². The topological polar surface area (TPSA) is 77.8 Å². The quantitative estimate of drug-likeness (QED) is 0.796. The molecule has 0 aliphatic carbocycles. The van der Waals surface area contributed by atoms with Crippen LogP contribution in [0.1, 0.15) is 21.5 Å². The first-order chi connectivity index (χ1) is 9.69. The number of benzene rings is 2. The number of hydrogen-bond acceptors (Lipinski definition) is 3. The number of rotatable bonds is 4. The minimum Gasteiger partial charge on any atom is -0.478 e. The van der Waals surface area contributed by atoms with Gasteiger partial charge in [0.25, 0.3) is 0 Å². The Hall–Kier alpha value is -2.17. The Morgan fingerprint density at radius 1 is 0.850 bits per heavy atom. The van der Waals surface area contributed by atoms with E-state index in [1.165, 1.54) is 0 Å². The van der Waals surface area contributed by atoms with Gasteiger partial charge in [0.2, 0.25) is 0 Å². The largest absolute Gasteiger partial charge is 0.478 e. The molecule has 0 atom stereocenters. The van der Waals surface area contributed by atoms with Gasteiger partial charge in [0, 0.05) is 0 Å². The van der Waals surface area contributed by atoms with Crippen molar-refractivity contribution in [1.82, 2.24) is 0 Å². The highest BCUT2D eigenvalue weighted by molar-refractivity contribution is 5.89. The van der Waals surface area contributed by atoms with Crippen molar-refractivity contribution in [2.75, 3.05) is 13.2 Å². The fourth-order valence-corrected chi connectivity index (χ4v) is 1.70. The summed E-state index contributed by atoms with van der Waals surface area (Å²) in [5.74, 6) is -0.869. The summed E-state index contributed by atoms with van der Waals surface area (Å²) in [6.07, 6.45) is 0.656. The fourth-order valence-electron chi connectivity index (χ4n) is 1.70. The monoisotopic (exact) mass is 274 g/mol. The molecule has 0 aliphatic rings. The zero-order chi connectivity index (χ0) is 14.8. The Bertz CT molecular complexity index is 521. The Labute approximate surface area is 117 Å². The molecule has 4 heteroatoms. The average Bonchev–Trinajstić information content (AvgIpc) is 2.49. The normalized spacial score (nSPS) is 9.50. The summed E-state index contributed by atoms with van der Waals surface area (Å²) in [4.78, 5) is 11.0. The summed E-state index contributed by atoms with van der Waals surface area (Å²) in [6, 6.07) is 17.0. The van der Waals surface area contributed by atoms with Gasteiger partial charge in [-0.15, -0.1) is 0 Å². The second kappa shape index (κ2) is 8.85. The van der Waals surface area contributed by atoms with Gasteiger partial charge in [0.15, 0.2) is 0 Å². The first kappa shape index (κ1) is 15.9. The number of carboxylic acids is 1. The first-order valence-corrected chi connectivity index (χ1v) is 6.26. The molecule has 106 valence electrons. The van der Waals surface area contributed by atoms with Gasteiger partial charge in [0.05, 0.1) is 18.8 Å². The first-order valence-electron chi connectivity index (χ1n) is 6.26. The van der Waals surface area contributed by atoms with E-state index < -0.39 is 5.97 Å². The van der Waals surface area contributed by atoms with E-state index in [0.29, 0.717) is 12.0 Å². The second-order valence-corrected chi connectivity index (χ2v) is 4.07. The van der Waals surface area contributed by atoms with Crippen LogP contribution in [0.3, 0.4) is 0 Å². The van der Waals surface area contributed by atoms with Crippen LogP contribution in [0.4, 0.5) is 0 Å². The van der Waals surface area contributed by atoms with E-state index in [1.54, 1.807) is 12.1 Å². The van der Waals surface area contributed by atoms with Crippen molar-refractivity contribution in [3.63, 3.8) is 0 Å². The summed E-state index contributed by atoms with van der Waals surface area (Å²) in [6.45, 7) is -0.250. The molecular formula is C16H18O4. The van der Waals surface area contributed by atoms with Crippen LogP contribution in [-0.4, -0.2) is 34.5 Å². The number of aliphatic hydroxyl groups is 2. The fraction of sp³-hybridized carbons (Fsp3) is 0.188. The number of carboxylic acid groups (broad SMARTS) is 1. The van der Waals surface area contributed by atoms with Gasteiger partial charge in [0.1, 0.15) is 0 Å². The van der Waals surface area contributed by atoms with Crippen molar-refractivity contribution < 1.29 is 20.1 Å². The zero-order valence-electron chi connectivity index (χ0n) is 11.1. The highest BCUT2D eigenvalue weighted by Crippen LogP contribution is 2.14. The lowest BCUT2D eigenvalue weighted by Crippen LogP contribution is -2.02. The lowest BCUT2D eigenvalue weighted by atomic mass is 10.00. The van der Waals surface area contributed by atoms with Crippen LogP contribution in [-0.2, 0) is 6.42 Å². The van der Waals surface area contributed by atoms with Crippen LogP contribution in [0.15, 0.2) is 54.6 Å². The Kier molecular flexibility index (Phi) is 7.03. The molecule has 0 amide bonds. The summed E-state index contributed by atoms with van der Waals surface area (Å²) >= 11 is 0. The van der Waals surface area contributed by atoms with Gasteiger partial charge in [-0.25, -0.2) is 4.79 Å². The van der Waals surface area contributed by atoms with Crippen LogP contribution < -0.4 is 0 Å². The van der Waals surface area contributed by atoms with E-state index in [9.17, 15) is 4.79 Å². The summed E-state index contributed by atoms with van der Waals surface area (Å²) in [7, 11) is 0. The molecule has 0 radical (unpaired) electrons. The van der Waals surface area contributed by atoms with Crippen molar-refractivity contribution in [1.29, 1.82) is 0 Å². The van der Waals surface area contributed by atoms with Crippen molar-refractivity contribution in [2.24, 2.45) is 0 Å². The second-order valence-electron chi connectivity index (χ2n) is 4.07. The van der Waals surface area contributed by atoms with Crippen molar-refractivity contribution in [3.05, 3.63) is 71.3 Å². The van der Waals surface area contributed by atoms with Gasteiger partial charge < -0.3 is 15.3 Å². The molecule has 0 saturated carbocycles. The SMILES string of the molecule is O=C(O)c1ccccc1Cc1ccccc1.OCCO. The third-order valence-electron chi connectivity index (χ3n) is 2.59. The van der Waals surface area contributed by atoms with E-state index in [4.69, 9.17) is 15.3 Å². The smallest absolute Gasteiger partial charge is 0.335 e. The third-order valence-corrected chi connectivity index (χ3v) is 2.59. The summed E-state index contributed by atoms with van der Waals surface area (Å²) in [5, 5.41) is 24.3. The Balaban J connectivity index is 0.000000444. The molecule has 0 fully saturated rings. The van der Waals surface area contributed by atoms with Gasteiger partial charge in [-0.3, -0.25) is 0 Å². The van der Waals surface area contributed by atoms with E-state index in [1.807, 2.05) is 42.5 Å². The third kappa shape index (κ3) is 5.22. The summed E-state index contributed by atoms with van der Waals surface area (Å²) < 4.78 is 0. The maximum Gasteiger partial charge on any atom is 0.335 e. The molecule has 0 unspecified atom stereocenters. The van der Waals surface area contributed by atoms with Crippen LogP contribution in [0.25, 0.3) is 0 Å². The molecule has 0 heterocycles. The minimum atomic E-state index is -0.869. The van der Waals surface area contributed by atoms with Crippen molar-refractivity contribution in [3.8, 4) is 0 Å². The maximum absolute atomic E-state index is 11.0. The maximum atomic E-state index is 11.0. The van der Waals surface area contributed by atoms with Crippen LogP contribution >= 0.6 is 0 Å². The molecule has 2 rings (SSSR count). The predicted octanol–water partition coefficient (Wildman–Crippen LogP) is 1.95. The number of aliphatic hydroxyl groups excluding tert-OH is 2. The van der Waals surface area contributed by atoms with Crippen molar-refractivity contribution in [2.45, 2.75) is 6.42 Å². The average molecular weight is 274 g/mol. The van der Waals surface area contributed by atoms with Crippen LogP contribution in [0, 0.1) is 0 Å². The zero-order valence-corrected chi connectivity index (χ0v) is 11.1. The predicted molar refractivity (Wildman–Crippen MR) is 76.8 cm³/mol.